The molecule has 0 saturated carbocycles. The van der Waals surface area contributed by atoms with E-state index < -0.39 is 0 Å². The molecule has 2 rings (SSSR count). The maximum absolute atomic E-state index is 14.1. The smallest absolute Gasteiger partial charge is 0.131 e. The molecule has 0 aromatic heterocycles. The second-order valence-corrected chi connectivity index (χ2v) is 5.37. The Balaban J connectivity index is 2.32. The second kappa shape index (κ2) is 6.67. The highest BCUT2D eigenvalue weighted by Gasteiger charge is 2.07. The van der Waals surface area contributed by atoms with E-state index in [0.29, 0.717) is 5.56 Å². The molecular weight excluding hydrogens is 249 g/mol. The van der Waals surface area contributed by atoms with E-state index in [9.17, 15) is 4.39 Å². The van der Waals surface area contributed by atoms with Gasteiger partial charge in [-0.15, -0.1) is 0 Å². The number of aryl methyl sites for hydroxylation is 2. The van der Waals surface area contributed by atoms with Crippen LogP contribution in [0, 0.1) is 19.7 Å². The summed E-state index contributed by atoms with van der Waals surface area (Å²) in [6, 6.07) is 11.5. The summed E-state index contributed by atoms with van der Waals surface area (Å²) in [5.74, 6) is -0.158. The molecule has 1 N–H and O–H groups in total. The van der Waals surface area contributed by atoms with Crippen LogP contribution in [0.2, 0.25) is 0 Å². The summed E-state index contributed by atoms with van der Waals surface area (Å²) in [6.45, 7) is 7.99. The zero-order chi connectivity index (χ0) is 14.5. The lowest BCUT2D eigenvalue weighted by atomic mass is 9.98. The zero-order valence-electron chi connectivity index (χ0n) is 12.5. The van der Waals surface area contributed by atoms with Crippen LogP contribution in [0.15, 0.2) is 36.4 Å². The third-order valence-corrected chi connectivity index (χ3v) is 3.32. The van der Waals surface area contributed by atoms with Crippen LogP contribution in [0.25, 0.3) is 11.1 Å². The Kier molecular flexibility index (Phi) is 4.91. The van der Waals surface area contributed by atoms with Gasteiger partial charge in [-0.25, -0.2) is 4.39 Å². The maximum atomic E-state index is 14.1. The van der Waals surface area contributed by atoms with Crippen LogP contribution in [0.4, 0.5) is 4.39 Å². The first-order valence-electron chi connectivity index (χ1n) is 7.18. The Bertz CT molecular complexity index is 570. The monoisotopic (exact) mass is 271 g/mol. The predicted octanol–water partition coefficient (Wildman–Crippen LogP) is 4.61. The van der Waals surface area contributed by atoms with Gasteiger partial charge in [0.25, 0.3) is 0 Å². The Morgan fingerprint density at radius 1 is 1.00 bits per heavy atom. The number of halogens is 1. The van der Waals surface area contributed by atoms with Crippen LogP contribution in [-0.4, -0.2) is 6.54 Å². The molecular formula is C18H22FN. The van der Waals surface area contributed by atoms with Crippen LogP contribution in [0.5, 0.6) is 0 Å². The number of hydrogen-bond acceptors (Lipinski definition) is 1. The summed E-state index contributed by atoms with van der Waals surface area (Å²) in [7, 11) is 0. The third kappa shape index (κ3) is 3.67. The molecule has 0 heterocycles. The number of rotatable bonds is 5. The first kappa shape index (κ1) is 14.7. The lowest BCUT2D eigenvalue weighted by molar-refractivity contribution is 0.628. The molecule has 2 aromatic rings. The molecule has 2 heteroatoms. The van der Waals surface area contributed by atoms with Crippen molar-refractivity contribution in [2.24, 2.45) is 0 Å². The molecule has 20 heavy (non-hydrogen) atoms. The van der Waals surface area contributed by atoms with E-state index in [2.05, 4.69) is 18.3 Å². The van der Waals surface area contributed by atoms with E-state index >= 15 is 0 Å². The standard InChI is InChI=1S/C18H22FN/c1-4-7-20-12-15-5-6-18(19)17(11-15)16-9-13(2)8-14(3)10-16/h5-6,8-11,20H,4,7,12H2,1-3H3. The lowest BCUT2D eigenvalue weighted by Gasteiger charge is -2.10. The number of nitrogens with one attached hydrogen (secondary N) is 1. The van der Waals surface area contributed by atoms with E-state index in [0.717, 1.165) is 41.8 Å². The normalized spacial score (nSPS) is 10.8. The van der Waals surface area contributed by atoms with Crippen LogP contribution < -0.4 is 5.32 Å². The quantitative estimate of drug-likeness (QED) is 0.783. The van der Waals surface area contributed by atoms with Crippen LogP contribution >= 0.6 is 0 Å². The molecule has 0 radical (unpaired) electrons. The fourth-order valence-electron chi connectivity index (χ4n) is 2.44. The van der Waals surface area contributed by atoms with Gasteiger partial charge in [-0.1, -0.05) is 42.3 Å². The average Bonchev–Trinajstić information content (AvgIpc) is 2.40. The second-order valence-electron chi connectivity index (χ2n) is 5.37. The minimum absolute atomic E-state index is 0.158. The van der Waals surface area contributed by atoms with Gasteiger partial charge in [0.05, 0.1) is 0 Å². The third-order valence-electron chi connectivity index (χ3n) is 3.32. The molecule has 0 bridgehead atoms. The molecule has 0 unspecified atom stereocenters. The lowest BCUT2D eigenvalue weighted by Crippen LogP contribution is -2.13. The minimum atomic E-state index is -0.158. The van der Waals surface area contributed by atoms with E-state index in [-0.39, 0.29) is 5.82 Å². The summed E-state index contributed by atoms with van der Waals surface area (Å²) < 4.78 is 14.1. The molecule has 1 nitrogen and oxygen atoms in total. The van der Waals surface area contributed by atoms with E-state index in [1.54, 1.807) is 6.07 Å². The van der Waals surface area contributed by atoms with Gasteiger partial charge in [-0.05, 0) is 50.1 Å². The molecule has 0 amide bonds. The fourth-order valence-corrected chi connectivity index (χ4v) is 2.44. The summed E-state index contributed by atoms with van der Waals surface area (Å²) >= 11 is 0. The highest BCUT2D eigenvalue weighted by atomic mass is 19.1. The average molecular weight is 271 g/mol. The van der Waals surface area contributed by atoms with Gasteiger partial charge in [0.15, 0.2) is 0 Å². The molecule has 2 aromatic carbocycles. The Morgan fingerprint density at radius 2 is 1.70 bits per heavy atom. The summed E-state index contributed by atoms with van der Waals surface area (Å²) in [5.41, 5.74) is 5.08. The molecule has 0 saturated heterocycles. The van der Waals surface area contributed by atoms with Gasteiger partial charge in [0.1, 0.15) is 5.82 Å². The minimum Gasteiger partial charge on any atom is -0.313 e. The van der Waals surface area contributed by atoms with Crippen LogP contribution in [-0.2, 0) is 6.54 Å². The van der Waals surface area contributed by atoms with Gasteiger partial charge < -0.3 is 5.32 Å². The molecule has 0 atom stereocenters. The van der Waals surface area contributed by atoms with Crippen molar-refractivity contribution >= 4 is 0 Å². The van der Waals surface area contributed by atoms with Crippen molar-refractivity contribution < 1.29 is 4.39 Å². The molecule has 0 aliphatic heterocycles. The topological polar surface area (TPSA) is 12.0 Å². The van der Waals surface area contributed by atoms with Crippen LogP contribution in [0.1, 0.15) is 30.0 Å². The largest absolute Gasteiger partial charge is 0.313 e. The van der Waals surface area contributed by atoms with Crippen molar-refractivity contribution in [1.82, 2.24) is 5.32 Å². The van der Waals surface area contributed by atoms with Gasteiger partial charge in [0.2, 0.25) is 0 Å². The van der Waals surface area contributed by atoms with E-state index in [4.69, 9.17) is 0 Å². The molecule has 0 aliphatic rings. The first-order valence-corrected chi connectivity index (χ1v) is 7.18. The summed E-state index contributed by atoms with van der Waals surface area (Å²) in [6.07, 6.45) is 1.10. The van der Waals surface area contributed by atoms with Crippen molar-refractivity contribution in [2.45, 2.75) is 33.7 Å². The Morgan fingerprint density at radius 3 is 2.35 bits per heavy atom. The molecule has 106 valence electrons. The molecule has 0 spiro atoms. The maximum Gasteiger partial charge on any atom is 0.131 e. The van der Waals surface area contributed by atoms with Gasteiger partial charge in [-0.2, -0.15) is 0 Å². The summed E-state index contributed by atoms with van der Waals surface area (Å²) in [5, 5.41) is 3.35. The Hall–Kier alpha value is -1.67. The van der Waals surface area contributed by atoms with Crippen LogP contribution in [0.3, 0.4) is 0 Å². The highest BCUT2D eigenvalue weighted by molar-refractivity contribution is 5.66. The first-order chi connectivity index (χ1) is 9.60. The SMILES string of the molecule is CCCNCc1ccc(F)c(-c2cc(C)cc(C)c2)c1. The van der Waals surface area contributed by atoms with Gasteiger partial charge in [-0.3, -0.25) is 0 Å². The zero-order valence-corrected chi connectivity index (χ0v) is 12.5. The van der Waals surface area contributed by atoms with Crippen molar-refractivity contribution in [2.75, 3.05) is 6.54 Å². The fraction of sp³-hybridized carbons (Fsp3) is 0.333. The van der Waals surface area contributed by atoms with Gasteiger partial charge in [0, 0.05) is 12.1 Å². The van der Waals surface area contributed by atoms with Crippen molar-refractivity contribution in [1.29, 1.82) is 0 Å². The summed E-state index contributed by atoms with van der Waals surface area (Å²) in [4.78, 5) is 0. The van der Waals surface area contributed by atoms with E-state index in [1.165, 1.54) is 0 Å². The predicted molar refractivity (Wildman–Crippen MR) is 83.3 cm³/mol. The van der Waals surface area contributed by atoms with Gasteiger partial charge >= 0.3 is 0 Å². The van der Waals surface area contributed by atoms with Crippen molar-refractivity contribution in [3.63, 3.8) is 0 Å². The van der Waals surface area contributed by atoms with Crippen molar-refractivity contribution in [3.05, 3.63) is 58.9 Å². The molecule has 0 fully saturated rings. The Labute approximate surface area is 120 Å². The highest BCUT2D eigenvalue weighted by Crippen LogP contribution is 2.26. The number of hydrogen-bond donors (Lipinski definition) is 1. The number of benzene rings is 2. The van der Waals surface area contributed by atoms with Crippen molar-refractivity contribution in [3.8, 4) is 11.1 Å². The molecule has 0 aliphatic carbocycles. The van der Waals surface area contributed by atoms with E-state index in [1.807, 2.05) is 38.1 Å².